The third-order valence-corrected chi connectivity index (χ3v) is 3.68. The lowest BCUT2D eigenvalue weighted by Crippen LogP contribution is -2.50. The monoisotopic (exact) mass is 271 g/mol. The van der Waals surface area contributed by atoms with Gasteiger partial charge in [0.1, 0.15) is 0 Å². The minimum absolute atomic E-state index is 0.000120. The Morgan fingerprint density at radius 3 is 2.47 bits per heavy atom. The van der Waals surface area contributed by atoms with Crippen LogP contribution in [0.5, 0.6) is 0 Å². The van der Waals surface area contributed by atoms with Crippen LogP contribution in [0.25, 0.3) is 0 Å². The number of urea groups is 1. The first-order chi connectivity index (χ1) is 9.05. The van der Waals surface area contributed by atoms with E-state index < -0.39 is 0 Å². The molecule has 0 aromatic heterocycles. The number of amides is 2. The lowest BCUT2D eigenvalue weighted by molar-refractivity contribution is 0.187. The van der Waals surface area contributed by atoms with E-state index in [1.54, 1.807) is 0 Å². The quantitative estimate of drug-likeness (QED) is 0.679. The van der Waals surface area contributed by atoms with Gasteiger partial charge < -0.3 is 20.6 Å². The van der Waals surface area contributed by atoms with Crippen molar-refractivity contribution in [2.24, 2.45) is 5.92 Å². The van der Waals surface area contributed by atoms with Gasteiger partial charge in [0.15, 0.2) is 0 Å². The summed E-state index contributed by atoms with van der Waals surface area (Å²) in [7, 11) is 0. The zero-order valence-corrected chi connectivity index (χ0v) is 12.5. The molecular formula is C14H29N3O2. The fraction of sp³-hybridized carbons (Fsp3) is 0.929. The van der Waals surface area contributed by atoms with Gasteiger partial charge in [0.25, 0.3) is 0 Å². The van der Waals surface area contributed by atoms with E-state index >= 15 is 0 Å². The second-order valence-electron chi connectivity index (χ2n) is 5.84. The van der Waals surface area contributed by atoms with E-state index in [0.29, 0.717) is 5.92 Å². The van der Waals surface area contributed by atoms with E-state index in [1.165, 1.54) is 0 Å². The van der Waals surface area contributed by atoms with Crippen molar-refractivity contribution < 1.29 is 9.90 Å². The van der Waals surface area contributed by atoms with Crippen LogP contribution in [0.2, 0.25) is 0 Å². The number of carbonyl (C=O) groups excluding carboxylic acids is 1. The summed E-state index contributed by atoms with van der Waals surface area (Å²) in [6, 6.07) is -0.0217. The lowest BCUT2D eigenvalue weighted by Gasteiger charge is -2.31. The van der Waals surface area contributed by atoms with Gasteiger partial charge in [-0.2, -0.15) is 0 Å². The Kier molecular flexibility index (Phi) is 7.16. The van der Waals surface area contributed by atoms with Crippen molar-refractivity contribution in [1.82, 2.24) is 15.5 Å². The van der Waals surface area contributed by atoms with Crippen LogP contribution < -0.4 is 10.6 Å². The highest BCUT2D eigenvalue weighted by atomic mass is 16.3. The number of carbonyl (C=O) groups is 1. The highest BCUT2D eigenvalue weighted by Crippen LogP contribution is 2.10. The number of hydrogen-bond donors (Lipinski definition) is 3. The first-order valence-corrected chi connectivity index (χ1v) is 7.45. The Labute approximate surface area is 116 Å². The summed E-state index contributed by atoms with van der Waals surface area (Å²) in [4.78, 5) is 14.3. The van der Waals surface area contributed by atoms with Gasteiger partial charge in [-0.05, 0) is 31.7 Å². The molecule has 3 N–H and O–H groups in total. The molecule has 1 aliphatic rings. The summed E-state index contributed by atoms with van der Waals surface area (Å²) in [5.74, 6) is 0.463. The number of piperidine rings is 1. The molecule has 1 aliphatic heterocycles. The van der Waals surface area contributed by atoms with Crippen molar-refractivity contribution in [2.75, 3.05) is 26.2 Å². The minimum Gasteiger partial charge on any atom is -0.394 e. The van der Waals surface area contributed by atoms with Crippen molar-refractivity contribution in [2.45, 2.75) is 52.1 Å². The molecule has 5 heteroatoms. The first kappa shape index (κ1) is 16.2. The number of likely N-dealkylation sites (tertiary alicyclic amines) is 1. The molecule has 0 bridgehead atoms. The molecule has 0 saturated carbocycles. The third-order valence-electron chi connectivity index (χ3n) is 3.68. The summed E-state index contributed by atoms with van der Waals surface area (Å²) in [6.07, 6.45) is 2.82. The number of nitrogens with one attached hydrogen (secondary N) is 2. The smallest absolute Gasteiger partial charge is 0.315 e. The predicted octanol–water partition coefficient (Wildman–Crippen LogP) is 1.18. The molecular weight excluding hydrogens is 242 g/mol. The first-order valence-electron chi connectivity index (χ1n) is 7.45. The molecule has 1 fully saturated rings. The van der Waals surface area contributed by atoms with Gasteiger partial charge in [0.05, 0.1) is 12.6 Å². The molecule has 1 atom stereocenters. The van der Waals surface area contributed by atoms with Crippen molar-refractivity contribution in [1.29, 1.82) is 0 Å². The molecule has 0 aliphatic carbocycles. The zero-order valence-electron chi connectivity index (χ0n) is 12.5. The van der Waals surface area contributed by atoms with Crippen LogP contribution in [-0.4, -0.2) is 54.4 Å². The standard InChI is InChI=1S/C14H29N3O2/c1-4-17-7-5-12(6-8-17)15-14(19)16-13(10-18)9-11(2)3/h11-13,18H,4-10H2,1-3H3,(H2,15,16,19). The van der Waals surface area contributed by atoms with Crippen LogP contribution in [0.1, 0.15) is 40.0 Å². The molecule has 0 aromatic carbocycles. The summed E-state index contributed by atoms with van der Waals surface area (Å²) < 4.78 is 0. The normalized spacial score (nSPS) is 19.4. The molecule has 2 amide bonds. The van der Waals surface area contributed by atoms with E-state index in [1.807, 2.05) is 0 Å². The number of nitrogens with zero attached hydrogens (tertiary/aromatic N) is 1. The van der Waals surface area contributed by atoms with Crippen molar-refractivity contribution in [3.8, 4) is 0 Å². The molecule has 1 rings (SSSR count). The highest BCUT2D eigenvalue weighted by Gasteiger charge is 2.20. The molecule has 0 aromatic rings. The SMILES string of the molecule is CCN1CCC(NC(=O)NC(CO)CC(C)C)CC1. The van der Waals surface area contributed by atoms with Crippen LogP contribution in [0, 0.1) is 5.92 Å². The summed E-state index contributed by atoms with van der Waals surface area (Å²) in [5.41, 5.74) is 0. The lowest BCUT2D eigenvalue weighted by atomic mass is 10.0. The number of aliphatic hydroxyl groups excluding tert-OH is 1. The van der Waals surface area contributed by atoms with Crippen molar-refractivity contribution in [3.05, 3.63) is 0 Å². The molecule has 0 radical (unpaired) electrons. The van der Waals surface area contributed by atoms with Gasteiger partial charge >= 0.3 is 6.03 Å². The van der Waals surface area contributed by atoms with Crippen LogP contribution in [0.3, 0.4) is 0 Å². The molecule has 112 valence electrons. The van der Waals surface area contributed by atoms with Crippen LogP contribution >= 0.6 is 0 Å². The number of hydrogen-bond acceptors (Lipinski definition) is 3. The van der Waals surface area contributed by atoms with Crippen molar-refractivity contribution >= 4 is 6.03 Å². The predicted molar refractivity (Wildman–Crippen MR) is 77.1 cm³/mol. The summed E-state index contributed by atoms with van der Waals surface area (Å²) in [5, 5.41) is 15.1. The van der Waals surface area contributed by atoms with Gasteiger partial charge in [-0.1, -0.05) is 20.8 Å². The minimum atomic E-state index is -0.144. The summed E-state index contributed by atoms with van der Waals surface area (Å²) in [6.45, 7) is 9.52. The molecule has 1 saturated heterocycles. The van der Waals surface area contributed by atoms with Gasteiger partial charge in [-0.25, -0.2) is 4.79 Å². The Balaban J connectivity index is 2.27. The Bertz CT molecular complexity index is 263. The van der Waals surface area contributed by atoms with Gasteiger partial charge in [0.2, 0.25) is 0 Å². The van der Waals surface area contributed by atoms with Crippen molar-refractivity contribution in [3.63, 3.8) is 0 Å². The Hall–Kier alpha value is -0.810. The fourth-order valence-corrected chi connectivity index (χ4v) is 2.55. The maximum atomic E-state index is 11.9. The van der Waals surface area contributed by atoms with E-state index in [2.05, 4.69) is 36.3 Å². The maximum absolute atomic E-state index is 11.9. The van der Waals surface area contributed by atoms with E-state index in [0.717, 1.165) is 38.9 Å². The second kappa shape index (κ2) is 8.38. The number of rotatable bonds is 6. The topological polar surface area (TPSA) is 64.6 Å². The number of aliphatic hydroxyl groups is 1. The van der Waals surface area contributed by atoms with Gasteiger partial charge in [-0.3, -0.25) is 0 Å². The Morgan fingerprint density at radius 2 is 2.00 bits per heavy atom. The summed E-state index contributed by atoms with van der Waals surface area (Å²) >= 11 is 0. The van der Waals surface area contributed by atoms with Gasteiger partial charge in [0, 0.05) is 19.1 Å². The van der Waals surface area contributed by atoms with E-state index in [4.69, 9.17) is 0 Å². The van der Waals surface area contributed by atoms with E-state index in [9.17, 15) is 9.90 Å². The van der Waals surface area contributed by atoms with Crippen LogP contribution in [-0.2, 0) is 0 Å². The van der Waals surface area contributed by atoms with E-state index in [-0.39, 0.29) is 24.7 Å². The highest BCUT2D eigenvalue weighted by molar-refractivity contribution is 5.74. The average molecular weight is 271 g/mol. The van der Waals surface area contributed by atoms with Gasteiger partial charge in [-0.15, -0.1) is 0 Å². The fourth-order valence-electron chi connectivity index (χ4n) is 2.55. The third kappa shape index (κ3) is 6.25. The molecule has 5 nitrogen and oxygen atoms in total. The molecule has 0 spiro atoms. The Morgan fingerprint density at radius 1 is 1.37 bits per heavy atom. The average Bonchev–Trinajstić information content (AvgIpc) is 2.38. The largest absolute Gasteiger partial charge is 0.394 e. The van der Waals surface area contributed by atoms with Crippen LogP contribution in [0.4, 0.5) is 4.79 Å². The molecule has 1 heterocycles. The zero-order chi connectivity index (χ0) is 14.3. The maximum Gasteiger partial charge on any atom is 0.315 e. The molecule has 1 unspecified atom stereocenters. The second-order valence-corrected chi connectivity index (χ2v) is 5.84. The van der Waals surface area contributed by atoms with Crippen LogP contribution in [0.15, 0.2) is 0 Å². The molecule has 19 heavy (non-hydrogen) atoms.